The van der Waals surface area contributed by atoms with Crippen molar-refractivity contribution in [2.24, 2.45) is 0 Å². The summed E-state index contributed by atoms with van der Waals surface area (Å²) in [6, 6.07) is 13.5. The molecule has 3 aromatic rings. The molecule has 0 saturated carbocycles. The Balaban J connectivity index is 2.09. The molecule has 2 aromatic carbocycles. The van der Waals surface area contributed by atoms with Gasteiger partial charge in [-0.15, -0.1) is 0 Å². The van der Waals surface area contributed by atoms with Crippen LogP contribution in [0.1, 0.15) is 23.9 Å². The number of nitriles is 1. The Labute approximate surface area is 145 Å². The SMILES string of the molecule is CCOc1ccc(Cl)cc1/C=C(\C#N)c1nc2ccc(C)cc2[nH]1. The van der Waals surface area contributed by atoms with Gasteiger partial charge in [-0.05, 0) is 55.8 Å². The minimum absolute atomic E-state index is 0.423. The number of aromatic amines is 1. The molecule has 24 heavy (non-hydrogen) atoms. The van der Waals surface area contributed by atoms with Gasteiger partial charge in [-0.2, -0.15) is 5.26 Å². The molecule has 5 heteroatoms. The summed E-state index contributed by atoms with van der Waals surface area (Å²) in [7, 11) is 0. The third kappa shape index (κ3) is 3.27. The summed E-state index contributed by atoms with van der Waals surface area (Å²) < 4.78 is 5.60. The lowest BCUT2D eigenvalue weighted by Gasteiger charge is -2.07. The number of benzene rings is 2. The number of halogens is 1. The van der Waals surface area contributed by atoms with Gasteiger partial charge in [0.1, 0.15) is 17.6 Å². The van der Waals surface area contributed by atoms with Gasteiger partial charge < -0.3 is 9.72 Å². The first-order valence-corrected chi connectivity index (χ1v) is 7.99. The molecular formula is C19H16ClN3O. The molecule has 1 aromatic heterocycles. The number of nitrogens with zero attached hydrogens (tertiary/aromatic N) is 2. The molecule has 4 nitrogen and oxygen atoms in total. The maximum absolute atomic E-state index is 9.56. The Hall–Kier alpha value is -2.77. The summed E-state index contributed by atoms with van der Waals surface area (Å²) in [5.41, 5.74) is 4.04. The van der Waals surface area contributed by atoms with Crippen LogP contribution in [0.4, 0.5) is 0 Å². The first-order valence-electron chi connectivity index (χ1n) is 7.61. The quantitative estimate of drug-likeness (QED) is 0.682. The number of ether oxygens (including phenoxy) is 1. The summed E-state index contributed by atoms with van der Waals surface area (Å²) in [6.45, 7) is 4.46. The molecule has 0 aliphatic carbocycles. The van der Waals surface area contributed by atoms with Crippen molar-refractivity contribution in [2.45, 2.75) is 13.8 Å². The third-order valence-corrected chi connectivity index (χ3v) is 3.82. The van der Waals surface area contributed by atoms with E-state index in [-0.39, 0.29) is 0 Å². The molecule has 0 aliphatic heterocycles. The standard InChI is InChI=1S/C19H16ClN3O/c1-3-24-18-7-5-15(20)10-13(18)9-14(11-21)19-22-16-6-4-12(2)8-17(16)23-19/h4-10H,3H2,1-2H3,(H,22,23)/b14-9+. The molecule has 0 unspecified atom stereocenters. The predicted molar refractivity (Wildman–Crippen MR) is 96.9 cm³/mol. The second-order valence-electron chi connectivity index (χ2n) is 5.39. The Morgan fingerprint density at radius 3 is 2.92 bits per heavy atom. The van der Waals surface area contributed by atoms with E-state index < -0.39 is 0 Å². The van der Waals surface area contributed by atoms with Crippen molar-refractivity contribution < 1.29 is 4.74 Å². The zero-order valence-corrected chi connectivity index (χ0v) is 14.2. The lowest BCUT2D eigenvalue weighted by Crippen LogP contribution is -1.94. The highest BCUT2D eigenvalue weighted by Gasteiger charge is 2.10. The van der Waals surface area contributed by atoms with Crippen molar-refractivity contribution in [1.29, 1.82) is 5.26 Å². The summed E-state index contributed by atoms with van der Waals surface area (Å²) in [4.78, 5) is 7.70. The Bertz CT molecular complexity index is 966. The van der Waals surface area contributed by atoms with Crippen molar-refractivity contribution in [2.75, 3.05) is 6.61 Å². The van der Waals surface area contributed by atoms with E-state index in [1.807, 2.05) is 32.0 Å². The van der Waals surface area contributed by atoms with Crippen LogP contribution in [0.25, 0.3) is 22.7 Å². The average molecular weight is 338 g/mol. The number of aromatic nitrogens is 2. The largest absolute Gasteiger partial charge is 0.493 e. The van der Waals surface area contributed by atoms with Crippen LogP contribution >= 0.6 is 11.6 Å². The van der Waals surface area contributed by atoms with Gasteiger partial charge in [-0.25, -0.2) is 4.98 Å². The molecule has 0 saturated heterocycles. The molecule has 1 N–H and O–H groups in total. The van der Waals surface area contributed by atoms with Crippen LogP contribution in [-0.4, -0.2) is 16.6 Å². The number of allylic oxidation sites excluding steroid dienone is 1. The second kappa shape index (κ2) is 6.77. The molecule has 0 atom stereocenters. The van der Waals surface area contributed by atoms with Crippen LogP contribution in [0.15, 0.2) is 36.4 Å². The number of imidazole rings is 1. The van der Waals surface area contributed by atoms with Crippen LogP contribution in [0.2, 0.25) is 5.02 Å². The zero-order chi connectivity index (χ0) is 17.1. The van der Waals surface area contributed by atoms with E-state index in [1.54, 1.807) is 24.3 Å². The molecular weight excluding hydrogens is 322 g/mol. The van der Waals surface area contributed by atoms with Crippen LogP contribution in [0.5, 0.6) is 5.75 Å². The molecule has 1 heterocycles. The molecule has 0 fully saturated rings. The van der Waals surface area contributed by atoms with E-state index in [4.69, 9.17) is 16.3 Å². The number of aryl methyl sites for hydroxylation is 1. The number of fused-ring (bicyclic) bond motifs is 1. The van der Waals surface area contributed by atoms with Crippen molar-refractivity contribution in [1.82, 2.24) is 9.97 Å². The number of hydrogen-bond acceptors (Lipinski definition) is 3. The van der Waals surface area contributed by atoms with Crippen LogP contribution in [0.3, 0.4) is 0 Å². The number of hydrogen-bond donors (Lipinski definition) is 1. The molecule has 0 radical (unpaired) electrons. The smallest absolute Gasteiger partial charge is 0.149 e. The normalized spacial score (nSPS) is 11.5. The van der Waals surface area contributed by atoms with E-state index in [1.165, 1.54) is 0 Å². The number of H-pyrrole nitrogens is 1. The van der Waals surface area contributed by atoms with E-state index >= 15 is 0 Å². The monoisotopic (exact) mass is 337 g/mol. The Morgan fingerprint density at radius 2 is 2.17 bits per heavy atom. The highest BCUT2D eigenvalue weighted by molar-refractivity contribution is 6.30. The topological polar surface area (TPSA) is 61.7 Å². The molecule has 0 bridgehead atoms. The van der Waals surface area contributed by atoms with Crippen molar-refractivity contribution >= 4 is 34.3 Å². The maximum atomic E-state index is 9.56. The fourth-order valence-electron chi connectivity index (χ4n) is 2.48. The van der Waals surface area contributed by atoms with Gasteiger partial charge in [0.05, 0.1) is 23.2 Å². The summed E-state index contributed by atoms with van der Waals surface area (Å²) in [6.07, 6.45) is 1.74. The molecule has 120 valence electrons. The Morgan fingerprint density at radius 1 is 1.33 bits per heavy atom. The van der Waals surface area contributed by atoms with Crippen molar-refractivity contribution in [3.8, 4) is 11.8 Å². The zero-order valence-electron chi connectivity index (χ0n) is 13.4. The van der Waals surface area contributed by atoms with Crippen LogP contribution in [-0.2, 0) is 0 Å². The first kappa shape index (κ1) is 16.1. The first-order chi connectivity index (χ1) is 11.6. The van der Waals surface area contributed by atoms with Gasteiger partial charge in [0.25, 0.3) is 0 Å². The van der Waals surface area contributed by atoms with Crippen LogP contribution in [0, 0.1) is 18.3 Å². The van der Waals surface area contributed by atoms with E-state index in [0.29, 0.717) is 28.8 Å². The lowest BCUT2D eigenvalue weighted by molar-refractivity contribution is 0.339. The highest BCUT2D eigenvalue weighted by Crippen LogP contribution is 2.27. The average Bonchev–Trinajstić information content (AvgIpc) is 2.97. The van der Waals surface area contributed by atoms with Crippen molar-refractivity contribution in [3.63, 3.8) is 0 Å². The van der Waals surface area contributed by atoms with Gasteiger partial charge in [0.2, 0.25) is 0 Å². The maximum Gasteiger partial charge on any atom is 0.149 e. The second-order valence-corrected chi connectivity index (χ2v) is 5.83. The summed E-state index contributed by atoms with van der Waals surface area (Å²) in [5, 5.41) is 10.1. The number of rotatable bonds is 4. The van der Waals surface area contributed by atoms with Gasteiger partial charge in [0.15, 0.2) is 0 Å². The molecule has 0 amide bonds. The van der Waals surface area contributed by atoms with E-state index in [0.717, 1.165) is 22.2 Å². The molecule has 0 aliphatic rings. The molecule has 0 spiro atoms. The third-order valence-electron chi connectivity index (χ3n) is 3.58. The van der Waals surface area contributed by atoms with E-state index in [2.05, 4.69) is 16.0 Å². The van der Waals surface area contributed by atoms with Gasteiger partial charge in [-0.1, -0.05) is 17.7 Å². The van der Waals surface area contributed by atoms with Gasteiger partial charge in [0, 0.05) is 10.6 Å². The number of nitrogens with one attached hydrogen (secondary N) is 1. The minimum atomic E-state index is 0.423. The molecule has 3 rings (SSSR count). The fraction of sp³-hybridized carbons (Fsp3) is 0.158. The van der Waals surface area contributed by atoms with Crippen molar-refractivity contribution in [3.05, 3.63) is 58.4 Å². The minimum Gasteiger partial charge on any atom is -0.493 e. The summed E-state index contributed by atoms with van der Waals surface area (Å²) >= 11 is 6.08. The van der Waals surface area contributed by atoms with E-state index in [9.17, 15) is 5.26 Å². The van der Waals surface area contributed by atoms with Gasteiger partial charge >= 0.3 is 0 Å². The fourth-order valence-corrected chi connectivity index (χ4v) is 2.66. The predicted octanol–water partition coefficient (Wildman–Crippen LogP) is 4.99. The van der Waals surface area contributed by atoms with Crippen LogP contribution < -0.4 is 4.74 Å². The Kier molecular flexibility index (Phi) is 4.54. The summed E-state index contributed by atoms with van der Waals surface area (Å²) in [5.74, 6) is 1.21. The highest BCUT2D eigenvalue weighted by atomic mass is 35.5. The lowest BCUT2D eigenvalue weighted by atomic mass is 10.1. The van der Waals surface area contributed by atoms with Gasteiger partial charge in [-0.3, -0.25) is 0 Å².